The van der Waals surface area contributed by atoms with Crippen molar-refractivity contribution in [3.63, 3.8) is 0 Å². The Morgan fingerprint density at radius 2 is 0.486 bits per heavy atom. The molecule has 518 valence electrons. The molecule has 0 atom stereocenters. The standard InChI is InChI=1S/C37H28N2.2C31H32N2/c1-38(31-15-9-4-10-16-31)32-19-21-33(22-20-32)39-36-23-17-29(27-11-5-2-6-12-27)25-34(36)35-26-30(18-24-37(35)39)28-13-7-3-8-14-28;1-21(2)23-11-17-30-28(19-23)29-20-24(22(3)4)12-18-31(29)33(30)27-15-13-26(14-16-27)32(5)25-9-7-6-8-10-25;1-4-9-23-13-19-30-28(21-23)29-22-24(10-5-2)14-20-31(29)33(30)27-17-15-26(16-18-27)32(3)25-11-7-6-8-12-25/h2-26H,1H3;6-22H,1-5H3;6-8,11-22H,4-5,9-10H2,1-3H3. The summed E-state index contributed by atoms with van der Waals surface area (Å²) in [7, 11) is 6.35. The van der Waals surface area contributed by atoms with Gasteiger partial charge < -0.3 is 28.4 Å². The molecule has 0 radical (unpaired) electrons. The summed E-state index contributed by atoms with van der Waals surface area (Å²) in [6.07, 6.45) is 4.58. The lowest BCUT2D eigenvalue weighted by molar-refractivity contribution is 0.868. The Morgan fingerprint density at radius 1 is 0.238 bits per heavy atom. The molecular formula is C99H92N6. The predicted octanol–water partition coefficient (Wildman–Crippen LogP) is 27.1. The fraction of sp³-hybridized carbons (Fsp3) is 0.152. The Labute approximate surface area is 619 Å². The summed E-state index contributed by atoms with van der Waals surface area (Å²) >= 11 is 0. The van der Waals surface area contributed by atoms with Gasteiger partial charge in [0.1, 0.15) is 0 Å². The van der Waals surface area contributed by atoms with Gasteiger partial charge in [0.05, 0.1) is 33.1 Å². The van der Waals surface area contributed by atoms with Crippen molar-refractivity contribution in [2.24, 2.45) is 0 Å². The predicted molar refractivity (Wildman–Crippen MR) is 453 cm³/mol. The summed E-state index contributed by atoms with van der Waals surface area (Å²) < 4.78 is 7.22. The van der Waals surface area contributed by atoms with Crippen molar-refractivity contribution >= 4 is 99.5 Å². The van der Waals surface area contributed by atoms with Crippen LogP contribution in [0.25, 0.3) is 105 Å². The average Bonchev–Trinajstić information content (AvgIpc) is 1.61. The number of aryl methyl sites for hydroxylation is 2. The van der Waals surface area contributed by atoms with Gasteiger partial charge >= 0.3 is 0 Å². The number of hydrogen-bond donors (Lipinski definition) is 0. The van der Waals surface area contributed by atoms with Crippen LogP contribution in [-0.4, -0.2) is 34.8 Å². The molecule has 17 aromatic rings. The summed E-state index contributed by atoms with van der Waals surface area (Å²) in [5, 5.41) is 7.91. The van der Waals surface area contributed by atoms with E-state index in [9.17, 15) is 0 Å². The molecule has 14 aromatic carbocycles. The molecule has 0 N–H and O–H groups in total. The maximum atomic E-state index is 2.42. The summed E-state index contributed by atoms with van der Waals surface area (Å²) in [5.41, 5.74) is 28.6. The Balaban J connectivity index is 0.000000127. The van der Waals surface area contributed by atoms with Gasteiger partial charge in [-0.15, -0.1) is 0 Å². The van der Waals surface area contributed by atoms with Crippen LogP contribution in [0.3, 0.4) is 0 Å². The highest BCUT2D eigenvalue weighted by molar-refractivity contribution is 6.13. The maximum Gasteiger partial charge on any atom is 0.0541 e. The van der Waals surface area contributed by atoms with Gasteiger partial charge in [-0.1, -0.05) is 206 Å². The van der Waals surface area contributed by atoms with E-state index in [0.717, 1.165) is 24.2 Å². The van der Waals surface area contributed by atoms with Gasteiger partial charge in [0.15, 0.2) is 0 Å². The summed E-state index contributed by atoms with van der Waals surface area (Å²) in [6.45, 7) is 13.6. The third-order valence-corrected chi connectivity index (χ3v) is 21.0. The fourth-order valence-electron chi connectivity index (χ4n) is 15.1. The molecule has 0 spiro atoms. The van der Waals surface area contributed by atoms with Gasteiger partial charge in [-0.05, 0) is 251 Å². The summed E-state index contributed by atoms with van der Waals surface area (Å²) in [5.74, 6) is 1.02. The van der Waals surface area contributed by atoms with Crippen molar-refractivity contribution in [2.75, 3.05) is 35.8 Å². The van der Waals surface area contributed by atoms with Crippen molar-refractivity contribution < 1.29 is 0 Å². The van der Waals surface area contributed by atoms with Crippen LogP contribution in [0.5, 0.6) is 0 Å². The minimum atomic E-state index is 0.508. The zero-order valence-electron chi connectivity index (χ0n) is 61.9. The van der Waals surface area contributed by atoms with E-state index < -0.39 is 0 Å². The number of fused-ring (bicyclic) bond motifs is 9. The molecule has 0 aliphatic rings. The van der Waals surface area contributed by atoms with Gasteiger partial charge in [0, 0.05) is 105 Å². The van der Waals surface area contributed by atoms with Gasteiger partial charge in [0.25, 0.3) is 0 Å². The second-order valence-electron chi connectivity index (χ2n) is 28.5. The van der Waals surface area contributed by atoms with Crippen LogP contribution in [0.4, 0.5) is 34.1 Å². The molecule has 6 heteroatoms. The Morgan fingerprint density at radius 3 is 0.771 bits per heavy atom. The van der Waals surface area contributed by atoms with Crippen LogP contribution in [0.15, 0.2) is 334 Å². The number of hydrogen-bond acceptors (Lipinski definition) is 3. The molecule has 0 amide bonds. The minimum Gasteiger partial charge on any atom is -0.345 e. The number of aromatic nitrogens is 3. The fourth-order valence-corrected chi connectivity index (χ4v) is 15.1. The molecule has 0 fully saturated rings. The van der Waals surface area contributed by atoms with E-state index in [1.807, 2.05) is 0 Å². The molecule has 105 heavy (non-hydrogen) atoms. The second-order valence-corrected chi connectivity index (χ2v) is 28.5. The van der Waals surface area contributed by atoms with E-state index >= 15 is 0 Å². The van der Waals surface area contributed by atoms with Crippen LogP contribution in [-0.2, 0) is 12.8 Å². The SMILES string of the molecule is CC(C)c1ccc2c(c1)c1cc(C(C)C)ccc1n2-c1ccc(N(C)c2ccccc2)cc1.CCCc1ccc2c(c1)c1cc(CCC)ccc1n2-c1ccc(N(C)c2ccccc2)cc1.CN(c1ccccc1)c1ccc(-n2c3ccc(-c4ccccc4)cc3c3cc(-c4ccccc4)ccc32)cc1. The lowest BCUT2D eigenvalue weighted by Gasteiger charge is -2.20. The van der Waals surface area contributed by atoms with Gasteiger partial charge in [-0.2, -0.15) is 0 Å². The first-order valence-corrected chi connectivity index (χ1v) is 37.4. The van der Waals surface area contributed by atoms with Crippen LogP contribution in [0, 0.1) is 0 Å². The van der Waals surface area contributed by atoms with E-state index in [1.165, 1.54) is 163 Å². The number of nitrogens with zero attached hydrogens (tertiary/aromatic N) is 6. The topological polar surface area (TPSA) is 24.5 Å². The Kier molecular flexibility index (Phi) is 19.9. The Bertz CT molecular complexity index is 5590. The highest BCUT2D eigenvalue weighted by Gasteiger charge is 2.20. The molecule has 6 nitrogen and oxygen atoms in total. The van der Waals surface area contributed by atoms with Gasteiger partial charge in [-0.3, -0.25) is 0 Å². The van der Waals surface area contributed by atoms with E-state index in [2.05, 4.69) is 425 Å². The van der Waals surface area contributed by atoms with Crippen molar-refractivity contribution in [1.29, 1.82) is 0 Å². The quantitative estimate of drug-likeness (QED) is 0.0908. The molecule has 3 heterocycles. The van der Waals surface area contributed by atoms with E-state index in [0.29, 0.717) is 11.8 Å². The van der Waals surface area contributed by atoms with Crippen molar-refractivity contribution in [3.05, 3.63) is 356 Å². The molecule has 0 bridgehead atoms. The third-order valence-electron chi connectivity index (χ3n) is 21.0. The van der Waals surface area contributed by atoms with Crippen LogP contribution < -0.4 is 14.7 Å². The normalized spacial score (nSPS) is 11.4. The summed E-state index contributed by atoms with van der Waals surface area (Å²) in [6, 6.07) is 121. The molecule has 17 rings (SSSR count). The highest BCUT2D eigenvalue weighted by atomic mass is 15.1. The number of rotatable bonds is 17. The molecule has 0 saturated carbocycles. The van der Waals surface area contributed by atoms with Crippen molar-refractivity contribution in [1.82, 2.24) is 13.7 Å². The lowest BCUT2D eigenvalue weighted by Crippen LogP contribution is -2.09. The van der Waals surface area contributed by atoms with E-state index in [-0.39, 0.29) is 0 Å². The van der Waals surface area contributed by atoms with Crippen molar-refractivity contribution in [2.45, 2.75) is 79.1 Å². The van der Waals surface area contributed by atoms with Crippen LogP contribution >= 0.6 is 0 Å². The zero-order chi connectivity index (χ0) is 72.1. The molecule has 0 unspecified atom stereocenters. The van der Waals surface area contributed by atoms with Crippen LogP contribution in [0.2, 0.25) is 0 Å². The van der Waals surface area contributed by atoms with Crippen LogP contribution in [0.1, 0.15) is 88.5 Å². The summed E-state index contributed by atoms with van der Waals surface area (Å²) in [4.78, 5) is 6.66. The largest absolute Gasteiger partial charge is 0.345 e. The number of para-hydroxylation sites is 3. The second kappa shape index (κ2) is 30.4. The lowest BCUT2D eigenvalue weighted by atomic mass is 9.98. The Hall–Kier alpha value is -12.1. The van der Waals surface area contributed by atoms with E-state index in [4.69, 9.17) is 0 Å². The molecule has 3 aromatic heterocycles. The monoisotopic (exact) mass is 1360 g/mol. The molecule has 0 aliphatic heterocycles. The molecule has 0 aliphatic carbocycles. The van der Waals surface area contributed by atoms with E-state index in [1.54, 1.807) is 0 Å². The maximum absolute atomic E-state index is 2.42. The first-order valence-electron chi connectivity index (χ1n) is 37.4. The average molecular weight is 1370 g/mol. The number of benzene rings is 14. The molecule has 0 saturated heterocycles. The van der Waals surface area contributed by atoms with Gasteiger partial charge in [-0.25, -0.2) is 0 Å². The molecular weight excluding hydrogens is 1270 g/mol. The first-order chi connectivity index (χ1) is 51.4. The zero-order valence-corrected chi connectivity index (χ0v) is 61.9. The third kappa shape index (κ3) is 14.0. The first kappa shape index (κ1) is 68.6. The minimum absolute atomic E-state index is 0.508. The van der Waals surface area contributed by atoms with Gasteiger partial charge in [0.2, 0.25) is 0 Å². The number of anilines is 6. The van der Waals surface area contributed by atoms with Crippen molar-refractivity contribution in [3.8, 4) is 39.3 Å². The smallest absolute Gasteiger partial charge is 0.0541 e. The highest BCUT2D eigenvalue weighted by Crippen LogP contribution is 2.41.